The SMILES string of the molecule is COC(=O)C1=C(C(=O)OC)N(c2cc(Br)c(F)cc2[N+](=O)[O-])COC1. The summed E-state index contributed by atoms with van der Waals surface area (Å²) in [5.74, 6) is -2.63. The number of benzene rings is 1. The molecule has 0 aromatic heterocycles. The fourth-order valence-electron chi connectivity index (χ4n) is 2.22. The van der Waals surface area contributed by atoms with Gasteiger partial charge in [0.05, 0.1) is 41.9 Å². The minimum Gasteiger partial charge on any atom is -0.466 e. The number of nitrogens with zero attached hydrogens (tertiary/aromatic N) is 2. The fourth-order valence-corrected chi connectivity index (χ4v) is 2.55. The summed E-state index contributed by atoms with van der Waals surface area (Å²) in [5, 5.41) is 11.3. The Morgan fingerprint density at radius 1 is 1.32 bits per heavy atom. The zero-order valence-corrected chi connectivity index (χ0v) is 14.7. The predicted octanol–water partition coefficient (Wildman–Crippen LogP) is 1.89. The number of carbonyl (C=O) groups excluding carboxylic acids is 2. The molecule has 0 aliphatic carbocycles. The van der Waals surface area contributed by atoms with Crippen molar-refractivity contribution in [1.29, 1.82) is 0 Å². The summed E-state index contributed by atoms with van der Waals surface area (Å²) >= 11 is 2.94. The first-order valence-electron chi connectivity index (χ1n) is 6.70. The summed E-state index contributed by atoms with van der Waals surface area (Å²) in [4.78, 5) is 35.6. The lowest BCUT2D eigenvalue weighted by molar-refractivity contribution is -0.384. The number of rotatable bonds is 4. The molecule has 0 atom stereocenters. The zero-order valence-electron chi connectivity index (χ0n) is 13.1. The number of halogens is 2. The highest BCUT2D eigenvalue weighted by Crippen LogP contribution is 2.37. The highest BCUT2D eigenvalue weighted by molar-refractivity contribution is 9.10. The van der Waals surface area contributed by atoms with Crippen LogP contribution in [0.5, 0.6) is 0 Å². The first-order valence-corrected chi connectivity index (χ1v) is 7.49. The molecule has 9 nitrogen and oxygen atoms in total. The maximum absolute atomic E-state index is 13.7. The van der Waals surface area contributed by atoms with E-state index < -0.39 is 28.4 Å². The lowest BCUT2D eigenvalue weighted by atomic mass is 10.1. The maximum atomic E-state index is 13.7. The van der Waals surface area contributed by atoms with Crippen LogP contribution in [0.1, 0.15) is 0 Å². The zero-order chi connectivity index (χ0) is 18.7. The van der Waals surface area contributed by atoms with Gasteiger partial charge in [0.1, 0.15) is 23.9 Å². The van der Waals surface area contributed by atoms with E-state index >= 15 is 0 Å². The number of hydrogen-bond acceptors (Lipinski definition) is 8. The van der Waals surface area contributed by atoms with Gasteiger partial charge in [-0.05, 0) is 22.0 Å². The molecule has 1 heterocycles. The molecule has 0 unspecified atom stereocenters. The second kappa shape index (κ2) is 7.57. The molecule has 0 bridgehead atoms. The lowest BCUT2D eigenvalue weighted by Gasteiger charge is -2.31. The molecule has 0 amide bonds. The van der Waals surface area contributed by atoms with Crippen molar-refractivity contribution in [1.82, 2.24) is 0 Å². The van der Waals surface area contributed by atoms with Gasteiger partial charge >= 0.3 is 11.9 Å². The number of esters is 2. The van der Waals surface area contributed by atoms with E-state index in [0.717, 1.165) is 25.2 Å². The Balaban J connectivity index is 2.72. The molecule has 1 aromatic rings. The fraction of sp³-hybridized carbons (Fsp3) is 0.286. The number of nitro groups is 1. The van der Waals surface area contributed by atoms with Crippen molar-refractivity contribution >= 4 is 39.2 Å². The van der Waals surface area contributed by atoms with Crippen LogP contribution in [0, 0.1) is 15.9 Å². The van der Waals surface area contributed by atoms with Crippen molar-refractivity contribution < 1.29 is 33.1 Å². The molecule has 0 fully saturated rings. The van der Waals surface area contributed by atoms with E-state index in [2.05, 4.69) is 25.4 Å². The normalized spacial score (nSPS) is 14.3. The highest BCUT2D eigenvalue weighted by atomic mass is 79.9. The van der Waals surface area contributed by atoms with Gasteiger partial charge in [0.2, 0.25) is 0 Å². The number of nitro benzene ring substituents is 1. The number of hydrogen-bond donors (Lipinski definition) is 0. The minimum absolute atomic E-state index is 0.0671. The van der Waals surface area contributed by atoms with E-state index in [1.54, 1.807) is 0 Å². The molecule has 134 valence electrons. The van der Waals surface area contributed by atoms with E-state index in [4.69, 9.17) is 4.74 Å². The van der Waals surface area contributed by atoms with E-state index in [1.807, 2.05) is 0 Å². The summed E-state index contributed by atoms with van der Waals surface area (Å²) < 4.78 is 28.1. The molecule has 0 spiro atoms. The molecule has 0 saturated heterocycles. The molecule has 0 radical (unpaired) electrons. The average Bonchev–Trinajstić information content (AvgIpc) is 2.61. The van der Waals surface area contributed by atoms with Gasteiger partial charge in [0.25, 0.3) is 5.69 Å². The van der Waals surface area contributed by atoms with Crippen molar-refractivity contribution in [3.05, 3.63) is 43.8 Å². The van der Waals surface area contributed by atoms with E-state index in [9.17, 15) is 24.1 Å². The van der Waals surface area contributed by atoms with Crippen molar-refractivity contribution in [3.8, 4) is 0 Å². The van der Waals surface area contributed by atoms with Crippen LogP contribution in [0.15, 0.2) is 27.9 Å². The predicted molar refractivity (Wildman–Crippen MR) is 85.1 cm³/mol. The molecular weight excluding hydrogens is 407 g/mol. The first-order chi connectivity index (χ1) is 11.8. The van der Waals surface area contributed by atoms with Crippen LogP contribution in [-0.4, -0.2) is 44.4 Å². The third-order valence-electron chi connectivity index (χ3n) is 3.34. The summed E-state index contributed by atoms with van der Waals surface area (Å²) in [5.41, 5.74) is -1.21. The van der Waals surface area contributed by atoms with Crippen LogP contribution in [0.2, 0.25) is 0 Å². The standard InChI is InChI=1S/C14H12BrFN2O7/c1-23-13(19)7-5-25-6-17(12(7)14(20)24-2)10-3-8(15)9(16)4-11(10)18(21)22/h3-4H,5-6H2,1-2H3. The van der Waals surface area contributed by atoms with Crippen LogP contribution in [-0.2, 0) is 23.8 Å². The topological polar surface area (TPSA) is 108 Å². The summed E-state index contributed by atoms with van der Waals surface area (Å²) in [7, 11) is 2.20. The number of anilines is 1. The number of methoxy groups -OCH3 is 2. The van der Waals surface area contributed by atoms with Crippen LogP contribution in [0.25, 0.3) is 0 Å². The Hall–Kier alpha value is -2.53. The largest absolute Gasteiger partial charge is 0.466 e. The van der Waals surface area contributed by atoms with Gasteiger partial charge in [-0.25, -0.2) is 14.0 Å². The molecule has 0 saturated carbocycles. The summed E-state index contributed by atoms with van der Waals surface area (Å²) in [6.45, 7) is -0.534. The Morgan fingerprint density at radius 3 is 2.52 bits per heavy atom. The Morgan fingerprint density at radius 2 is 1.96 bits per heavy atom. The van der Waals surface area contributed by atoms with E-state index in [1.165, 1.54) is 0 Å². The average molecular weight is 419 g/mol. The molecule has 1 aliphatic rings. The van der Waals surface area contributed by atoms with Gasteiger partial charge in [0, 0.05) is 0 Å². The van der Waals surface area contributed by atoms with Crippen LogP contribution in [0.3, 0.4) is 0 Å². The second-order valence-corrected chi connectivity index (χ2v) is 5.58. The number of ether oxygens (including phenoxy) is 3. The molecule has 0 N–H and O–H groups in total. The van der Waals surface area contributed by atoms with Gasteiger partial charge in [-0.3, -0.25) is 10.1 Å². The molecule has 25 heavy (non-hydrogen) atoms. The third-order valence-corrected chi connectivity index (χ3v) is 3.95. The maximum Gasteiger partial charge on any atom is 0.355 e. The molecule has 1 aromatic carbocycles. The Kier molecular flexibility index (Phi) is 5.69. The second-order valence-electron chi connectivity index (χ2n) is 4.73. The monoisotopic (exact) mass is 418 g/mol. The van der Waals surface area contributed by atoms with Crippen molar-refractivity contribution in [2.24, 2.45) is 0 Å². The number of carbonyl (C=O) groups is 2. The highest BCUT2D eigenvalue weighted by Gasteiger charge is 2.35. The van der Waals surface area contributed by atoms with Crippen molar-refractivity contribution in [2.75, 3.05) is 32.5 Å². The molecule has 2 rings (SSSR count). The van der Waals surface area contributed by atoms with E-state index in [-0.39, 0.29) is 34.8 Å². The smallest absolute Gasteiger partial charge is 0.355 e. The molecule has 11 heteroatoms. The summed E-state index contributed by atoms with van der Waals surface area (Å²) in [6, 6.07) is 1.81. The van der Waals surface area contributed by atoms with Gasteiger partial charge in [-0.1, -0.05) is 0 Å². The van der Waals surface area contributed by atoms with Gasteiger partial charge < -0.3 is 19.1 Å². The van der Waals surface area contributed by atoms with Crippen molar-refractivity contribution in [2.45, 2.75) is 0 Å². The van der Waals surface area contributed by atoms with Gasteiger partial charge in [-0.15, -0.1) is 0 Å². The lowest BCUT2D eigenvalue weighted by Crippen LogP contribution is -2.39. The van der Waals surface area contributed by atoms with Crippen LogP contribution >= 0.6 is 15.9 Å². The van der Waals surface area contributed by atoms with Crippen molar-refractivity contribution in [3.63, 3.8) is 0 Å². The Bertz CT molecular complexity index is 781. The quantitative estimate of drug-likeness (QED) is 0.414. The van der Waals surface area contributed by atoms with Crippen LogP contribution < -0.4 is 4.90 Å². The van der Waals surface area contributed by atoms with Gasteiger partial charge in [0.15, 0.2) is 0 Å². The summed E-state index contributed by atoms with van der Waals surface area (Å²) in [6.07, 6.45) is 0. The van der Waals surface area contributed by atoms with Crippen LogP contribution in [0.4, 0.5) is 15.8 Å². The Labute approximate surface area is 149 Å². The van der Waals surface area contributed by atoms with E-state index in [0.29, 0.717) is 6.07 Å². The first kappa shape index (κ1) is 18.8. The molecular formula is C14H12BrFN2O7. The van der Waals surface area contributed by atoms with Gasteiger partial charge in [-0.2, -0.15) is 0 Å². The minimum atomic E-state index is -0.918. The molecule has 1 aliphatic heterocycles. The third kappa shape index (κ3) is 3.61.